The molecule has 6 heteroatoms. The van der Waals surface area contributed by atoms with Gasteiger partial charge in [0.2, 0.25) is 0 Å². The minimum Gasteiger partial charge on any atom is -0.302 e. The Morgan fingerprint density at radius 3 is 2.72 bits per heavy atom. The van der Waals surface area contributed by atoms with Crippen LogP contribution in [0.3, 0.4) is 0 Å². The molecule has 0 aliphatic carbocycles. The molecule has 0 aliphatic heterocycles. The molecule has 1 heterocycles. The third kappa shape index (κ3) is 2.13. The van der Waals surface area contributed by atoms with E-state index in [0.717, 1.165) is 18.3 Å². The summed E-state index contributed by atoms with van der Waals surface area (Å²) in [6, 6.07) is 3.10. The summed E-state index contributed by atoms with van der Waals surface area (Å²) in [5.74, 6) is 0. The van der Waals surface area contributed by atoms with Crippen LogP contribution >= 0.6 is 0 Å². The lowest BCUT2D eigenvalue weighted by Crippen LogP contribution is -2.20. The van der Waals surface area contributed by atoms with Crippen molar-refractivity contribution in [3.05, 3.63) is 53.0 Å². The van der Waals surface area contributed by atoms with Crippen LogP contribution in [0.1, 0.15) is 5.56 Å². The van der Waals surface area contributed by atoms with E-state index in [2.05, 4.69) is 11.6 Å². The van der Waals surface area contributed by atoms with Crippen molar-refractivity contribution in [2.24, 2.45) is 0 Å². The first-order valence-corrected chi connectivity index (χ1v) is 5.11. The second-order valence-corrected chi connectivity index (χ2v) is 3.70. The molecular formula is C12H9F3N2O. The Balaban J connectivity index is 2.71. The number of halogens is 3. The van der Waals surface area contributed by atoms with Gasteiger partial charge in [0.25, 0.3) is 5.56 Å². The number of rotatable bonds is 2. The molecule has 0 saturated heterocycles. The summed E-state index contributed by atoms with van der Waals surface area (Å²) in [4.78, 5) is 15.3. The normalized spacial score (nSPS) is 11.7. The monoisotopic (exact) mass is 254 g/mol. The summed E-state index contributed by atoms with van der Waals surface area (Å²) in [6.45, 7) is 3.73. The zero-order valence-corrected chi connectivity index (χ0v) is 9.24. The zero-order valence-electron chi connectivity index (χ0n) is 9.24. The lowest BCUT2D eigenvalue weighted by molar-refractivity contribution is -0.137. The highest BCUT2D eigenvalue weighted by atomic mass is 19.4. The van der Waals surface area contributed by atoms with E-state index in [9.17, 15) is 18.0 Å². The Morgan fingerprint density at radius 2 is 2.11 bits per heavy atom. The van der Waals surface area contributed by atoms with Crippen molar-refractivity contribution in [3.8, 4) is 0 Å². The number of alkyl halides is 3. The van der Waals surface area contributed by atoms with Crippen LogP contribution in [0.5, 0.6) is 0 Å². The van der Waals surface area contributed by atoms with Gasteiger partial charge in [-0.15, -0.1) is 6.58 Å². The fraction of sp³-hybridized carbons (Fsp3) is 0.167. The van der Waals surface area contributed by atoms with E-state index in [0.29, 0.717) is 5.52 Å². The summed E-state index contributed by atoms with van der Waals surface area (Å²) in [5.41, 5.74) is -0.671. The molecule has 0 aliphatic rings. The highest BCUT2D eigenvalue weighted by molar-refractivity contribution is 5.75. The fourth-order valence-corrected chi connectivity index (χ4v) is 1.66. The summed E-state index contributed by atoms with van der Waals surface area (Å²) in [5, 5.41) is 0. The maximum absolute atomic E-state index is 12.5. The van der Waals surface area contributed by atoms with Crippen LogP contribution in [0.4, 0.5) is 13.2 Å². The van der Waals surface area contributed by atoms with Crippen molar-refractivity contribution in [3.63, 3.8) is 0 Å². The number of allylic oxidation sites excluding steroid dienone is 1. The largest absolute Gasteiger partial charge is 0.416 e. The van der Waals surface area contributed by atoms with Crippen LogP contribution in [0.15, 0.2) is 41.8 Å². The summed E-state index contributed by atoms with van der Waals surface area (Å²) in [7, 11) is 0. The molecule has 3 nitrogen and oxygen atoms in total. The van der Waals surface area contributed by atoms with Crippen molar-refractivity contribution in [1.82, 2.24) is 9.55 Å². The maximum Gasteiger partial charge on any atom is 0.416 e. The molecule has 2 rings (SSSR count). The molecule has 0 fully saturated rings. The van der Waals surface area contributed by atoms with Crippen molar-refractivity contribution in [1.29, 1.82) is 0 Å². The standard InChI is InChI=1S/C12H9F3N2O/c1-2-5-17-10-4-3-8(12(13,14)15)6-9(10)16-7-11(17)18/h2-4,6-7H,1,5H2. The van der Waals surface area contributed by atoms with Crippen LogP contribution in [0.25, 0.3) is 11.0 Å². The van der Waals surface area contributed by atoms with Gasteiger partial charge in [0.15, 0.2) is 0 Å². The first-order valence-electron chi connectivity index (χ1n) is 5.11. The average Bonchev–Trinajstić information content (AvgIpc) is 2.31. The Kier molecular flexibility index (Phi) is 2.94. The number of aromatic nitrogens is 2. The Labute approximate surface area is 100 Å². The molecule has 1 aromatic carbocycles. The lowest BCUT2D eigenvalue weighted by Gasteiger charge is -2.10. The van der Waals surface area contributed by atoms with E-state index in [-0.39, 0.29) is 17.6 Å². The van der Waals surface area contributed by atoms with Crippen LogP contribution in [0, 0.1) is 0 Å². The predicted molar refractivity (Wildman–Crippen MR) is 61.2 cm³/mol. The fourth-order valence-electron chi connectivity index (χ4n) is 1.66. The third-order valence-corrected chi connectivity index (χ3v) is 2.49. The molecule has 2 aromatic rings. The van der Waals surface area contributed by atoms with Gasteiger partial charge in [0.1, 0.15) is 0 Å². The van der Waals surface area contributed by atoms with Crippen LogP contribution in [-0.4, -0.2) is 9.55 Å². The van der Waals surface area contributed by atoms with Gasteiger partial charge < -0.3 is 4.57 Å². The van der Waals surface area contributed by atoms with Gasteiger partial charge in [-0.05, 0) is 18.2 Å². The average molecular weight is 254 g/mol. The van der Waals surface area contributed by atoms with Gasteiger partial charge in [-0.25, -0.2) is 4.98 Å². The van der Waals surface area contributed by atoms with Crippen molar-refractivity contribution in [2.75, 3.05) is 0 Å². The molecule has 0 spiro atoms. The molecule has 0 atom stereocenters. The van der Waals surface area contributed by atoms with E-state index in [4.69, 9.17) is 0 Å². The highest BCUT2D eigenvalue weighted by Crippen LogP contribution is 2.30. The number of nitrogens with zero attached hydrogens (tertiary/aromatic N) is 2. The molecular weight excluding hydrogens is 245 g/mol. The maximum atomic E-state index is 12.5. The highest BCUT2D eigenvalue weighted by Gasteiger charge is 2.30. The second-order valence-electron chi connectivity index (χ2n) is 3.70. The Hall–Kier alpha value is -2.11. The van der Waals surface area contributed by atoms with Crippen molar-refractivity contribution < 1.29 is 13.2 Å². The van der Waals surface area contributed by atoms with E-state index in [1.165, 1.54) is 16.7 Å². The smallest absolute Gasteiger partial charge is 0.302 e. The summed E-state index contributed by atoms with van der Waals surface area (Å²) in [6.07, 6.45) is -1.92. The first kappa shape index (κ1) is 12.3. The van der Waals surface area contributed by atoms with Crippen LogP contribution < -0.4 is 5.56 Å². The third-order valence-electron chi connectivity index (χ3n) is 2.49. The Morgan fingerprint density at radius 1 is 1.39 bits per heavy atom. The minimum absolute atomic E-state index is 0.131. The zero-order chi connectivity index (χ0) is 13.3. The van der Waals surface area contributed by atoms with Gasteiger partial charge >= 0.3 is 6.18 Å². The summed E-state index contributed by atoms with van der Waals surface area (Å²) < 4.78 is 38.9. The van der Waals surface area contributed by atoms with E-state index >= 15 is 0 Å². The van der Waals surface area contributed by atoms with Gasteiger partial charge in [-0.2, -0.15) is 13.2 Å². The molecule has 0 N–H and O–H groups in total. The Bertz CT molecular complexity index is 658. The molecule has 0 bridgehead atoms. The number of benzene rings is 1. The molecule has 0 saturated carbocycles. The molecule has 1 aromatic heterocycles. The number of hydrogen-bond acceptors (Lipinski definition) is 2. The molecule has 0 amide bonds. The molecule has 94 valence electrons. The van der Waals surface area contributed by atoms with Crippen molar-refractivity contribution in [2.45, 2.75) is 12.7 Å². The lowest BCUT2D eigenvalue weighted by atomic mass is 10.2. The molecule has 0 unspecified atom stereocenters. The quantitative estimate of drug-likeness (QED) is 0.772. The van der Waals surface area contributed by atoms with Gasteiger partial charge in [-0.3, -0.25) is 4.79 Å². The second kappa shape index (κ2) is 4.29. The number of fused-ring (bicyclic) bond motifs is 1. The number of hydrogen-bond donors (Lipinski definition) is 0. The molecule has 18 heavy (non-hydrogen) atoms. The topological polar surface area (TPSA) is 34.9 Å². The first-order chi connectivity index (χ1) is 8.43. The SMILES string of the molecule is C=CCn1c(=O)cnc2cc(C(F)(F)F)ccc21. The van der Waals surface area contributed by atoms with Crippen LogP contribution in [-0.2, 0) is 12.7 Å². The molecule has 0 radical (unpaired) electrons. The van der Waals surface area contributed by atoms with Crippen LogP contribution in [0.2, 0.25) is 0 Å². The van der Waals surface area contributed by atoms with Gasteiger partial charge in [0, 0.05) is 6.54 Å². The predicted octanol–water partition coefficient (Wildman–Crippen LogP) is 2.60. The van der Waals surface area contributed by atoms with E-state index in [1.807, 2.05) is 0 Å². The van der Waals surface area contributed by atoms with Gasteiger partial charge in [0.05, 0.1) is 22.8 Å². The van der Waals surface area contributed by atoms with E-state index in [1.54, 1.807) is 0 Å². The summed E-state index contributed by atoms with van der Waals surface area (Å²) >= 11 is 0. The van der Waals surface area contributed by atoms with Gasteiger partial charge in [-0.1, -0.05) is 6.08 Å². The van der Waals surface area contributed by atoms with Crippen molar-refractivity contribution >= 4 is 11.0 Å². The van der Waals surface area contributed by atoms with E-state index < -0.39 is 11.7 Å². The minimum atomic E-state index is -4.42.